The van der Waals surface area contributed by atoms with E-state index in [0.29, 0.717) is 5.56 Å². The first-order valence-electron chi connectivity index (χ1n) is 7.07. The number of amides is 1. The van der Waals surface area contributed by atoms with Gasteiger partial charge in [-0.25, -0.2) is 10.2 Å². The van der Waals surface area contributed by atoms with Crippen molar-refractivity contribution in [1.82, 2.24) is 5.43 Å². The van der Waals surface area contributed by atoms with E-state index in [1.165, 1.54) is 42.6 Å². The second kappa shape index (κ2) is 7.61. The molecule has 0 unspecified atom stereocenters. The van der Waals surface area contributed by atoms with E-state index in [9.17, 15) is 22.8 Å². The summed E-state index contributed by atoms with van der Waals surface area (Å²) in [6, 6.07) is 10.3. The van der Waals surface area contributed by atoms with Gasteiger partial charge in [0.1, 0.15) is 0 Å². The van der Waals surface area contributed by atoms with Gasteiger partial charge in [-0.3, -0.25) is 4.79 Å². The summed E-state index contributed by atoms with van der Waals surface area (Å²) in [5.74, 6) is -1.63. The Morgan fingerprint density at radius 3 is 2.40 bits per heavy atom. The predicted molar refractivity (Wildman–Crippen MR) is 84.3 cm³/mol. The van der Waals surface area contributed by atoms with Crippen molar-refractivity contribution in [3.8, 4) is 0 Å². The maximum Gasteiger partial charge on any atom is 0.416 e. The zero-order valence-electron chi connectivity index (χ0n) is 12.7. The lowest BCUT2D eigenvalue weighted by atomic mass is 10.1. The molecule has 130 valence electrons. The van der Waals surface area contributed by atoms with Gasteiger partial charge < -0.3 is 5.11 Å². The summed E-state index contributed by atoms with van der Waals surface area (Å²) >= 11 is 0. The molecule has 0 heterocycles. The molecule has 0 aromatic heterocycles. The van der Waals surface area contributed by atoms with Crippen LogP contribution < -0.4 is 5.43 Å². The van der Waals surface area contributed by atoms with Crippen LogP contribution in [-0.2, 0) is 17.4 Å². The van der Waals surface area contributed by atoms with Crippen LogP contribution >= 0.6 is 0 Å². The Hall–Kier alpha value is -3.16. The lowest BCUT2D eigenvalue weighted by molar-refractivity contribution is -0.137. The van der Waals surface area contributed by atoms with Gasteiger partial charge in [0.15, 0.2) is 0 Å². The van der Waals surface area contributed by atoms with E-state index in [4.69, 9.17) is 5.11 Å². The zero-order valence-corrected chi connectivity index (χ0v) is 12.7. The van der Waals surface area contributed by atoms with Gasteiger partial charge in [-0.2, -0.15) is 18.3 Å². The molecule has 0 radical (unpaired) electrons. The number of hydrazone groups is 1. The largest absolute Gasteiger partial charge is 0.478 e. The van der Waals surface area contributed by atoms with Crippen molar-refractivity contribution in [2.45, 2.75) is 12.6 Å². The van der Waals surface area contributed by atoms with Crippen molar-refractivity contribution in [2.75, 3.05) is 0 Å². The van der Waals surface area contributed by atoms with Gasteiger partial charge in [-0.15, -0.1) is 0 Å². The predicted octanol–water partition coefficient (Wildman–Crippen LogP) is 3.10. The molecule has 5 nitrogen and oxygen atoms in total. The zero-order chi connectivity index (χ0) is 18.4. The molecule has 0 atom stereocenters. The Kier molecular flexibility index (Phi) is 5.53. The fourth-order valence-electron chi connectivity index (χ4n) is 1.97. The van der Waals surface area contributed by atoms with Gasteiger partial charge in [0, 0.05) is 0 Å². The Bertz CT molecular complexity index is 800. The van der Waals surface area contributed by atoms with Crippen molar-refractivity contribution >= 4 is 18.1 Å². The third kappa shape index (κ3) is 5.45. The molecule has 25 heavy (non-hydrogen) atoms. The second-order valence-electron chi connectivity index (χ2n) is 5.10. The maximum atomic E-state index is 12.6. The number of rotatable bonds is 5. The Labute approximate surface area is 140 Å². The van der Waals surface area contributed by atoms with Gasteiger partial charge in [-0.05, 0) is 29.3 Å². The van der Waals surface area contributed by atoms with Crippen LogP contribution in [0.2, 0.25) is 0 Å². The third-order valence-electron chi connectivity index (χ3n) is 3.18. The first kappa shape index (κ1) is 18.2. The highest BCUT2D eigenvalue weighted by molar-refractivity contribution is 5.89. The minimum absolute atomic E-state index is 0.116. The molecule has 2 aromatic rings. The minimum Gasteiger partial charge on any atom is -0.478 e. The number of alkyl halides is 3. The fourth-order valence-corrected chi connectivity index (χ4v) is 1.97. The van der Waals surface area contributed by atoms with E-state index in [2.05, 4.69) is 10.5 Å². The van der Waals surface area contributed by atoms with Crippen LogP contribution in [0.1, 0.15) is 27.0 Å². The molecular weight excluding hydrogens is 337 g/mol. The highest BCUT2D eigenvalue weighted by atomic mass is 19.4. The molecule has 8 heteroatoms. The molecule has 0 aliphatic heterocycles. The summed E-state index contributed by atoms with van der Waals surface area (Å²) in [6.07, 6.45) is -3.42. The number of benzene rings is 2. The number of hydrogen-bond acceptors (Lipinski definition) is 3. The Morgan fingerprint density at radius 2 is 1.80 bits per heavy atom. The van der Waals surface area contributed by atoms with Crippen LogP contribution in [0.25, 0.3) is 0 Å². The summed E-state index contributed by atoms with van der Waals surface area (Å²) in [7, 11) is 0. The number of aromatic carboxylic acids is 1. The molecule has 2 N–H and O–H groups in total. The van der Waals surface area contributed by atoms with Gasteiger partial charge in [0.25, 0.3) is 0 Å². The van der Waals surface area contributed by atoms with Crippen molar-refractivity contribution in [3.05, 3.63) is 70.8 Å². The number of carboxylic acids is 1. The number of nitrogens with zero attached hydrogens (tertiary/aromatic N) is 1. The average Bonchev–Trinajstić information content (AvgIpc) is 2.55. The third-order valence-corrected chi connectivity index (χ3v) is 3.18. The van der Waals surface area contributed by atoms with Crippen LogP contribution in [-0.4, -0.2) is 23.2 Å². The maximum absolute atomic E-state index is 12.6. The molecule has 0 saturated carbocycles. The molecular formula is C17H13F3N2O3. The number of carbonyl (C=O) groups excluding carboxylic acids is 1. The molecule has 0 aliphatic rings. The van der Waals surface area contributed by atoms with Crippen molar-refractivity contribution in [2.24, 2.45) is 5.10 Å². The van der Waals surface area contributed by atoms with Crippen molar-refractivity contribution in [3.63, 3.8) is 0 Å². The highest BCUT2D eigenvalue weighted by Crippen LogP contribution is 2.29. The molecule has 2 aromatic carbocycles. The van der Waals surface area contributed by atoms with E-state index in [1.54, 1.807) is 0 Å². The van der Waals surface area contributed by atoms with Gasteiger partial charge in [0.05, 0.1) is 23.8 Å². The van der Waals surface area contributed by atoms with Crippen LogP contribution in [0.15, 0.2) is 53.6 Å². The number of carbonyl (C=O) groups is 2. The summed E-state index contributed by atoms with van der Waals surface area (Å²) in [5, 5.41) is 12.5. The van der Waals surface area contributed by atoms with Crippen LogP contribution in [0.5, 0.6) is 0 Å². The molecule has 0 spiro atoms. The lowest BCUT2D eigenvalue weighted by Crippen LogP contribution is -2.20. The number of nitrogens with one attached hydrogen (secondary N) is 1. The van der Waals surface area contributed by atoms with Crippen LogP contribution in [0.3, 0.4) is 0 Å². The van der Waals surface area contributed by atoms with E-state index < -0.39 is 23.6 Å². The van der Waals surface area contributed by atoms with E-state index in [0.717, 1.165) is 12.1 Å². The van der Waals surface area contributed by atoms with Gasteiger partial charge >= 0.3 is 12.1 Å². The molecule has 0 fully saturated rings. The van der Waals surface area contributed by atoms with Crippen molar-refractivity contribution < 1.29 is 27.9 Å². The van der Waals surface area contributed by atoms with Gasteiger partial charge in [-0.1, -0.05) is 30.3 Å². The second-order valence-corrected chi connectivity index (χ2v) is 5.10. The van der Waals surface area contributed by atoms with Crippen LogP contribution in [0.4, 0.5) is 13.2 Å². The molecule has 0 bridgehead atoms. The van der Waals surface area contributed by atoms with E-state index in [-0.39, 0.29) is 17.5 Å². The fraction of sp³-hybridized carbons (Fsp3) is 0.118. The summed E-state index contributed by atoms with van der Waals surface area (Å²) in [5.41, 5.74) is 2.28. The minimum atomic E-state index is -4.47. The summed E-state index contributed by atoms with van der Waals surface area (Å²) in [6.45, 7) is 0. The van der Waals surface area contributed by atoms with Crippen LogP contribution in [0, 0.1) is 0 Å². The van der Waals surface area contributed by atoms with Crippen molar-refractivity contribution in [1.29, 1.82) is 0 Å². The number of halogens is 3. The normalized spacial score (nSPS) is 11.5. The average molecular weight is 350 g/mol. The lowest BCUT2D eigenvalue weighted by Gasteiger charge is -2.08. The molecule has 1 amide bonds. The standard InChI is InChI=1S/C17H13F3N2O3/c18-17(19,20)14-3-1-2-12(8-14)9-15(23)22-21-10-11-4-6-13(7-5-11)16(24)25/h1-8,10H,9H2,(H,22,23)(H,24,25)/b21-10+. The quantitative estimate of drug-likeness (QED) is 0.642. The summed E-state index contributed by atoms with van der Waals surface area (Å²) in [4.78, 5) is 22.4. The van der Waals surface area contributed by atoms with E-state index in [1.807, 2.05) is 0 Å². The summed E-state index contributed by atoms with van der Waals surface area (Å²) < 4.78 is 37.8. The first-order valence-corrected chi connectivity index (χ1v) is 7.07. The Balaban J connectivity index is 1.93. The molecule has 0 aliphatic carbocycles. The smallest absolute Gasteiger partial charge is 0.416 e. The van der Waals surface area contributed by atoms with E-state index >= 15 is 0 Å². The topological polar surface area (TPSA) is 78.8 Å². The highest BCUT2D eigenvalue weighted by Gasteiger charge is 2.30. The Morgan fingerprint density at radius 1 is 1.12 bits per heavy atom. The monoisotopic (exact) mass is 350 g/mol. The number of carboxylic acid groups (broad SMARTS) is 1. The number of hydrogen-bond donors (Lipinski definition) is 2. The van der Waals surface area contributed by atoms with Gasteiger partial charge in [0.2, 0.25) is 5.91 Å². The molecule has 0 saturated heterocycles. The SMILES string of the molecule is O=C(Cc1cccc(C(F)(F)F)c1)N/N=C/c1ccc(C(=O)O)cc1. The first-order chi connectivity index (χ1) is 11.8. The molecule has 2 rings (SSSR count).